The number of rotatable bonds is 6. The van der Waals surface area contributed by atoms with E-state index in [4.69, 9.17) is 4.74 Å². The third kappa shape index (κ3) is 5.11. The van der Waals surface area contributed by atoms with Gasteiger partial charge in [-0.2, -0.15) is 0 Å². The number of carbonyl (C=O) groups is 1. The predicted molar refractivity (Wildman–Crippen MR) is 141 cm³/mol. The van der Waals surface area contributed by atoms with Gasteiger partial charge < -0.3 is 19.1 Å². The fraction of sp³-hybridized carbons (Fsp3) is 0.379. The molecular formula is C29H35N3O3. The number of pyridine rings is 1. The molecule has 0 saturated carbocycles. The minimum atomic E-state index is -0.188. The van der Waals surface area contributed by atoms with E-state index in [1.54, 1.807) is 13.2 Å². The fourth-order valence-electron chi connectivity index (χ4n) is 5.03. The summed E-state index contributed by atoms with van der Waals surface area (Å²) in [5.74, 6) is 0.646. The van der Waals surface area contributed by atoms with Crippen molar-refractivity contribution < 1.29 is 9.53 Å². The van der Waals surface area contributed by atoms with E-state index in [9.17, 15) is 9.59 Å². The fourth-order valence-corrected chi connectivity index (χ4v) is 5.03. The molecule has 2 aromatic carbocycles. The molecule has 1 aromatic heterocycles. The largest absolute Gasteiger partial charge is 0.497 e. The summed E-state index contributed by atoms with van der Waals surface area (Å²) in [7, 11) is 1.65. The Kier molecular flexibility index (Phi) is 7.29. The third-order valence-corrected chi connectivity index (χ3v) is 6.93. The second-order valence-corrected chi connectivity index (χ2v) is 9.33. The molecule has 3 aromatic rings. The molecule has 4 rings (SSSR count). The monoisotopic (exact) mass is 473 g/mol. The van der Waals surface area contributed by atoms with E-state index < -0.39 is 0 Å². The van der Waals surface area contributed by atoms with Gasteiger partial charge in [-0.05, 0) is 56.5 Å². The molecule has 1 aliphatic heterocycles. The molecular weight excluding hydrogens is 438 g/mol. The summed E-state index contributed by atoms with van der Waals surface area (Å²) in [5.41, 5.74) is 6.59. The van der Waals surface area contributed by atoms with Crippen molar-refractivity contribution in [1.29, 1.82) is 0 Å². The molecule has 6 heteroatoms. The zero-order chi connectivity index (χ0) is 25.1. The van der Waals surface area contributed by atoms with Crippen molar-refractivity contribution in [2.24, 2.45) is 0 Å². The van der Waals surface area contributed by atoms with E-state index in [0.29, 0.717) is 31.6 Å². The Morgan fingerprint density at radius 3 is 2.23 bits per heavy atom. The topological polar surface area (TPSA) is 54.8 Å². The van der Waals surface area contributed by atoms with Gasteiger partial charge in [-0.15, -0.1) is 0 Å². The number of methoxy groups -OCH3 is 1. The zero-order valence-electron chi connectivity index (χ0n) is 21.4. The van der Waals surface area contributed by atoms with Crippen LogP contribution in [0.3, 0.4) is 0 Å². The Hall–Kier alpha value is -3.54. The van der Waals surface area contributed by atoms with Crippen molar-refractivity contribution in [3.63, 3.8) is 0 Å². The predicted octanol–water partition coefficient (Wildman–Crippen LogP) is 4.36. The van der Waals surface area contributed by atoms with Gasteiger partial charge in [0, 0.05) is 55.9 Å². The van der Waals surface area contributed by atoms with Crippen molar-refractivity contribution in [2.45, 2.75) is 40.7 Å². The first-order chi connectivity index (χ1) is 16.8. The summed E-state index contributed by atoms with van der Waals surface area (Å²) < 4.78 is 7.37. The number of aromatic nitrogens is 1. The van der Waals surface area contributed by atoms with E-state index in [1.807, 2.05) is 43.0 Å². The SMILES string of the molecule is CCc1c(C(=O)N2CCN(c3ccc(C)cc3C)CC2)c(=O)cc(C)n1Cc1ccc(OC)cc1. The minimum Gasteiger partial charge on any atom is -0.497 e. The van der Waals surface area contributed by atoms with E-state index in [1.165, 1.54) is 16.8 Å². The second-order valence-electron chi connectivity index (χ2n) is 9.33. The van der Waals surface area contributed by atoms with Gasteiger partial charge in [-0.1, -0.05) is 36.8 Å². The molecule has 0 radical (unpaired) electrons. The molecule has 0 N–H and O–H groups in total. The van der Waals surface area contributed by atoms with Crippen LogP contribution in [0.15, 0.2) is 53.3 Å². The number of hydrogen-bond acceptors (Lipinski definition) is 4. The van der Waals surface area contributed by atoms with Crippen LogP contribution in [0.25, 0.3) is 0 Å². The number of benzene rings is 2. The third-order valence-electron chi connectivity index (χ3n) is 6.93. The smallest absolute Gasteiger partial charge is 0.259 e. The molecule has 184 valence electrons. The summed E-state index contributed by atoms with van der Waals surface area (Å²) in [6.07, 6.45) is 0.608. The lowest BCUT2D eigenvalue weighted by atomic mass is 10.1. The maximum atomic E-state index is 13.6. The Balaban J connectivity index is 1.57. The molecule has 0 spiro atoms. The Bertz CT molecular complexity index is 1270. The van der Waals surface area contributed by atoms with E-state index >= 15 is 0 Å². The maximum absolute atomic E-state index is 13.6. The molecule has 2 heterocycles. The first-order valence-corrected chi connectivity index (χ1v) is 12.3. The first kappa shape index (κ1) is 24.6. The van der Waals surface area contributed by atoms with Crippen LogP contribution in [0.5, 0.6) is 5.75 Å². The molecule has 1 fully saturated rings. The summed E-state index contributed by atoms with van der Waals surface area (Å²) in [6.45, 7) is 11.5. The van der Waals surface area contributed by atoms with Crippen LogP contribution in [-0.2, 0) is 13.0 Å². The number of anilines is 1. The lowest BCUT2D eigenvalue weighted by Gasteiger charge is -2.37. The van der Waals surface area contributed by atoms with Crippen molar-refractivity contribution in [1.82, 2.24) is 9.47 Å². The molecule has 0 unspecified atom stereocenters. The number of hydrogen-bond donors (Lipinski definition) is 0. The van der Waals surface area contributed by atoms with Crippen LogP contribution in [0.2, 0.25) is 0 Å². The molecule has 0 atom stereocenters. The van der Waals surface area contributed by atoms with Crippen LogP contribution in [0.1, 0.15) is 45.4 Å². The van der Waals surface area contributed by atoms with Crippen LogP contribution < -0.4 is 15.1 Å². The van der Waals surface area contributed by atoms with E-state index in [-0.39, 0.29) is 11.3 Å². The van der Waals surface area contributed by atoms with Crippen molar-refractivity contribution in [3.05, 3.63) is 92.4 Å². The number of carbonyl (C=O) groups excluding carboxylic acids is 1. The van der Waals surface area contributed by atoms with Crippen molar-refractivity contribution in [2.75, 3.05) is 38.2 Å². The lowest BCUT2D eigenvalue weighted by Crippen LogP contribution is -2.50. The molecule has 1 aliphatic rings. The van der Waals surface area contributed by atoms with Gasteiger partial charge in [0.05, 0.1) is 7.11 Å². The molecule has 1 saturated heterocycles. The standard InChI is InChI=1S/C29H35N3O3/c1-6-25-28(27(33)18-22(4)32(25)19-23-8-10-24(35-5)11-9-23)29(34)31-15-13-30(14-16-31)26-12-7-20(2)17-21(26)3/h7-12,17-18H,6,13-16,19H2,1-5H3. The van der Waals surface area contributed by atoms with Gasteiger partial charge in [0.2, 0.25) is 0 Å². The average molecular weight is 474 g/mol. The number of piperazine rings is 1. The van der Waals surface area contributed by atoms with Crippen LogP contribution in [0, 0.1) is 20.8 Å². The summed E-state index contributed by atoms with van der Waals surface area (Å²) >= 11 is 0. The van der Waals surface area contributed by atoms with E-state index in [2.05, 4.69) is 41.5 Å². The lowest BCUT2D eigenvalue weighted by molar-refractivity contribution is 0.0743. The summed E-state index contributed by atoms with van der Waals surface area (Å²) in [5, 5.41) is 0. The molecule has 0 aliphatic carbocycles. The van der Waals surface area contributed by atoms with Gasteiger partial charge >= 0.3 is 0 Å². The average Bonchev–Trinajstić information content (AvgIpc) is 2.85. The van der Waals surface area contributed by atoms with Crippen LogP contribution >= 0.6 is 0 Å². The van der Waals surface area contributed by atoms with Gasteiger partial charge in [0.1, 0.15) is 11.3 Å². The highest BCUT2D eigenvalue weighted by Crippen LogP contribution is 2.23. The van der Waals surface area contributed by atoms with Crippen LogP contribution in [0.4, 0.5) is 5.69 Å². The number of amides is 1. The minimum absolute atomic E-state index is 0.157. The van der Waals surface area contributed by atoms with Gasteiger partial charge in [0.15, 0.2) is 5.43 Å². The van der Waals surface area contributed by atoms with Gasteiger partial charge in [-0.3, -0.25) is 9.59 Å². The highest BCUT2D eigenvalue weighted by Gasteiger charge is 2.27. The number of aryl methyl sites for hydroxylation is 3. The molecule has 35 heavy (non-hydrogen) atoms. The zero-order valence-corrected chi connectivity index (χ0v) is 21.4. The quantitative estimate of drug-likeness (QED) is 0.534. The summed E-state index contributed by atoms with van der Waals surface area (Å²) in [6, 6.07) is 16.0. The maximum Gasteiger partial charge on any atom is 0.259 e. The molecule has 0 bridgehead atoms. The first-order valence-electron chi connectivity index (χ1n) is 12.3. The normalized spacial score (nSPS) is 13.7. The molecule has 6 nitrogen and oxygen atoms in total. The van der Waals surface area contributed by atoms with E-state index in [0.717, 1.165) is 35.8 Å². The second kappa shape index (κ2) is 10.4. The Morgan fingerprint density at radius 1 is 0.943 bits per heavy atom. The Labute approximate surface area is 207 Å². The van der Waals surface area contributed by atoms with Crippen molar-refractivity contribution in [3.8, 4) is 5.75 Å². The molecule has 1 amide bonds. The highest BCUT2D eigenvalue weighted by molar-refractivity contribution is 5.95. The number of nitrogens with zero attached hydrogens (tertiary/aromatic N) is 3. The number of ether oxygens (including phenoxy) is 1. The van der Waals surface area contributed by atoms with Crippen molar-refractivity contribution >= 4 is 11.6 Å². The van der Waals surface area contributed by atoms with Gasteiger partial charge in [-0.25, -0.2) is 0 Å². The summed E-state index contributed by atoms with van der Waals surface area (Å²) in [4.78, 5) is 30.9. The Morgan fingerprint density at radius 2 is 1.63 bits per heavy atom. The van der Waals surface area contributed by atoms with Crippen LogP contribution in [-0.4, -0.2) is 48.7 Å². The highest BCUT2D eigenvalue weighted by atomic mass is 16.5. The van der Waals surface area contributed by atoms with Gasteiger partial charge in [0.25, 0.3) is 5.91 Å².